The molecule has 0 unspecified atom stereocenters. The Kier molecular flexibility index (Phi) is 3.85. The molecule has 4 rings (SSSR count). The number of carbonyl (C=O) groups excluding carboxylic acids is 1. The van der Waals surface area contributed by atoms with Crippen LogP contribution in [0.15, 0.2) is 36.7 Å². The topological polar surface area (TPSA) is 94.1 Å². The lowest BCUT2D eigenvalue weighted by Gasteiger charge is -2.07. The van der Waals surface area contributed by atoms with Gasteiger partial charge in [-0.1, -0.05) is 6.07 Å². The molecule has 8 heteroatoms. The number of carbonyl (C=O) groups is 1. The van der Waals surface area contributed by atoms with Crippen LogP contribution in [0.3, 0.4) is 0 Å². The molecule has 0 spiro atoms. The molecule has 0 aliphatic carbocycles. The molecule has 1 aliphatic heterocycles. The number of amides is 1. The van der Waals surface area contributed by atoms with Gasteiger partial charge in [0.15, 0.2) is 11.5 Å². The predicted octanol–water partition coefficient (Wildman–Crippen LogP) is 2.11. The van der Waals surface area contributed by atoms with Crippen molar-refractivity contribution in [2.75, 3.05) is 12.1 Å². The zero-order valence-corrected chi connectivity index (χ0v) is 13.7. The first kappa shape index (κ1) is 15.3. The van der Waals surface area contributed by atoms with Crippen molar-refractivity contribution in [2.45, 2.75) is 12.8 Å². The zero-order valence-electron chi connectivity index (χ0n) is 13.7. The summed E-state index contributed by atoms with van der Waals surface area (Å²) in [5, 5.41) is 13.9. The van der Waals surface area contributed by atoms with Crippen LogP contribution in [0.25, 0.3) is 11.1 Å². The molecule has 8 nitrogen and oxygen atoms in total. The van der Waals surface area contributed by atoms with Gasteiger partial charge in [-0.3, -0.25) is 14.6 Å². The summed E-state index contributed by atoms with van der Waals surface area (Å²) in [6.45, 7) is 0.224. The van der Waals surface area contributed by atoms with E-state index in [2.05, 4.69) is 20.6 Å². The number of nitrogens with one attached hydrogen (secondary N) is 2. The van der Waals surface area contributed by atoms with Gasteiger partial charge in [0.1, 0.15) is 5.82 Å². The average molecular weight is 339 g/mol. The van der Waals surface area contributed by atoms with Crippen molar-refractivity contribution in [3.8, 4) is 22.6 Å². The fourth-order valence-electron chi connectivity index (χ4n) is 2.75. The van der Waals surface area contributed by atoms with E-state index in [1.54, 1.807) is 17.1 Å². The molecule has 0 fully saturated rings. The van der Waals surface area contributed by atoms with Gasteiger partial charge in [-0.15, -0.1) is 0 Å². The maximum Gasteiger partial charge on any atom is 0.231 e. The second kappa shape index (κ2) is 6.31. The van der Waals surface area contributed by atoms with Crippen LogP contribution in [0, 0.1) is 0 Å². The van der Waals surface area contributed by atoms with Gasteiger partial charge < -0.3 is 14.8 Å². The van der Waals surface area contributed by atoms with Gasteiger partial charge >= 0.3 is 0 Å². The standard InChI is InChI=1S/C17H17N5O3/c1-22-12(6-7-19-22)3-5-16(23)20-17-13(9-18-21-17)11-2-4-14-15(8-11)25-10-24-14/h2,4,6-9H,3,5,10H2,1H3,(H2,18,20,21,23). The van der Waals surface area contributed by atoms with E-state index in [9.17, 15) is 4.79 Å². The normalized spacial score (nSPS) is 12.4. The van der Waals surface area contributed by atoms with Crippen molar-refractivity contribution in [3.05, 3.63) is 42.4 Å². The number of fused-ring (bicyclic) bond motifs is 1. The fraction of sp³-hybridized carbons (Fsp3) is 0.235. The van der Waals surface area contributed by atoms with Crippen LogP contribution in [-0.2, 0) is 18.3 Å². The Balaban J connectivity index is 1.46. The van der Waals surface area contributed by atoms with Gasteiger partial charge in [-0.05, 0) is 30.2 Å². The fourth-order valence-corrected chi connectivity index (χ4v) is 2.75. The number of aromatic amines is 1. The molecule has 25 heavy (non-hydrogen) atoms. The van der Waals surface area contributed by atoms with Crippen molar-refractivity contribution in [1.82, 2.24) is 20.0 Å². The second-order valence-corrected chi connectivity index (χ2v) is 5.72. The van der Waals surface area contributed by atoms with Crippen molar-refractivity contribution in [3.63, 3.8) is 0 Å². The minimum atomic E-state index is -0.0903. The first-order valence-electron chi connectivity index (χ1n) is 7.91. The number of hydrogen-bond acceptors (Lipinski definition) is 5. The molecular formula is C17H17N5O3. The molecule has 0 atom stereocenters. The molecule has 128 valence electrons. The third-order valence-corrected chi connectivity index (χ3v) is 4.12. The van der Waals surface area contributed by atoms with Gasteiger partial charge in [0.05, 0.1) is 6.20 Å². The van der Waals surface area contributed by atoms with E-state index in [0.717, 1.165) is 16.8 Å². The molecule has 3 aromatic rings. The number of H-pyrrole nitrogens is 1. The molecular weight excluding hydrogens is 322 g/mol. The Morgan fingerprint density at radius 2 is 2.20 bits per heavy atom. The van der Waals surface area contributed by atoms with Crippen LogP contribution in [0.1, 0.15) is 12.1 Å². The summed E-state index contributed by atoms with van der Waals surface area (Å²) in [7, 11) is 1.86. The molecule has 0 saturated heterocycles. The maximum atomic E-state index is 12.3. The van der Waals surface area contributed by atoms with E-state index < -0.39 is 0 Å². The summed E-state index contributed by atoms with van der Waals surface area (Å²) in [5.74, 6) is 1.88. The Morgan fingerprint density at radius 1 is 1.32 bits per heavy atom. The lowest BCUT2D eigenvalue weighted by Crippen LogP contribution is -2.14. The van der Waals surface area contributed by atoms with Crippen LogP contribution in [0.2, 0.25) is 0 Å². The van der Waals surface area contributed by atoms with Gasteiger partial charge in [0, 0.05) is 30.9 Å². The second-order valence-electron chi connectivity index (χ2n) is 5.72. The monoisotopic (exact) mass is 339 g/mol. The highest BCUT2D eigenvalue weighted by atomic mass is 16.7. The van der Waals surface area contributed by atoms with Gasteiger partial charge in [-0.2, -0.15) is 10.2 Å². The third kappa shape index (κ3) is 3.06. The summed E-state index contributed by atoms with van der Waals surface area (Å²) in [4.78, 5) is 12.3. The molecule has 1 aliphatic rings. The van der Waals surface area contributed by atoms with Crippen molar-refractivity contribution < 1.29 is 14.3 Å². The highest BCUT2D eigenvalue weighted by Crippen LogP contribution is 2.37. The largest absolute Gasteiger partial charge is 0.454 e. The Morgan fingerprint density at radius 3 is 3.04 bits per heavy atom. The number of aryl methyl sites for hydroxylation is 2. The van der Waals surface area contributed by atoms with Gasteiger partial charge in [0.25, 0.3) is 0 Å². The highest BCUT2D eigenvalue weighted by molar-refractivity contribution is 5.94. The SMILES string of the molecule is Cn1nccc1CCC(=O)Nc1[nH]ncc1-c1ccc2c(c1)OCO2. The Bertz CT molecular complexity index is 915. The number of ether oxygens (including phenoxy) is 2. The van der Waals surface area contributed by atoms with Crippen molar-refractivity contribution in [2.24, 2.45) is 7.05 Å². The molecule has 3 heterocycles. The minimum Gasteiger partial charge on any atom is -0.454 e. The van der Waals surface area contributed by atoms with Crippen LogP contribution in [-0.4, -0.2) is 32.7 Å². The van der Waals surface area contributed by atoms with E-state index >= 15 is 0 Å². The predicted molar refractivity (Wildman–Crippen MR) is 90.3 cm³/mol. The molecule has 1 amide bonds. The number of nitrogens with zero attached hydrogens (tertiary/aromatic N) is 3. The first-order valence-corrected chi connectivity index (χ1v) is 7.91. The molecule has 2 aromatic heterocycles. The lowest BCUT2D eigenvalue weighted by atomic mass is 10.1. The number of aromatic nitrogens is 4. The smallest absolute Gasteiger partial charge is 0.231 e. The summed E-state index contributed by atoms with van der Waals surface area (Å²) in [6, 6.07) is 7.53. The van der Waals surface area contributed by atoms with Crippen LogP contribution >= 0.6 is 0 Å². The quantitative estimate of drug-likeness (QED) is 0.742. The minimum absolute atomic E-state index is 0.0903. The lowest BCUT2D eigenvalue weighted by molar-refractivity contribution is -0.116. The molecule has 0 saturated carbocycles. The number of hydrogen-bond donors (Lipinski definition) is 2. The summed E-state index contributed by atoms with van der Waals surface area (Å²) in [6.07, 6.45) is 4.38. The van der Waals surface area contributed by atoms with Crippen molar-refractivity contribution in [1.29, 1.82) is 0 Å². The number of rotatable bonds is 5. The maximum absolute atomic E-state index is 12.3. The van der Waals surface area contributed by atoms with E-state index in [4.69, 9.17) is 9.47 Å². The molecule has 1 aromatic carbocycles. The van der Waals surface area contributed by atoms with Gasteiger partial charge in [-0.25, -0.2) is 0 Å². The van der Waals surface area contributed by atoms with Crippen LogP contribution in [0.5, 0.6) is 11.5 Å². The summed E-state index contributed by atoms with van der Waals surface area (Å²) in [5.41, 5.74) is 2.70. The van der Waals surface area contributed by atoms with Crippen LogP contribution in [0.4, 0.5) is 5.82 Å². The molecule has 2 N–H and O–H groups in total. The Hall–Kier alpha value is -3.29. The first-order chi connectivity index (χ1) is 12.2. The zero-order chi connectivity index (χ0) is 17.2. The Labute approximate surface area is 143 Å². The van der Waals surface area contributed by atoms with E-state index in [1.807, 2.05) is 31.3 Å². The van der Waals surface area contributed by atoms with E-state index in [1.165, 1.54) is 0 Å². The molecule has 0 radical (unpaired) electrons. The highest BCUT2D eigenvalue weighted by Gasteiger charge is 2.17. The number of anilines is 1. The van der Waals surface area contributed by atoms with Crippen LogP contribution < -0.4 is 14.8 Å². The van der Waals surface area contributed by atoms with Gasteiger partial charge in [0.2, 0.25) is 12.7 Å². The average Bonchev–Trinajstić information content (AvgIpc) is 3.33. The van der Waals surface area contributed by atoms with E-state index in [-0.39, 0.29) is 12.7 Å². The third-order valence-electron chi connectivity index (χ3n) is 4.12. The molecule has 0 bridgehead atoms. The summed E-state index contributed by atoms with van der Waals surface area (Å²) < 4.78 is 12.5. The van der Waals surface area contributed by atoms with Crippen molar-refractivity contribution >= 4 is 11.7 Å². The summed E-state index contributed by atoms with van der Waals surface area (Å²) >= 11 is 0. The van der Waals surface area contributed by atoms with E-state index in [0.29, 0.717) is 30.2 Å². The number of benzene rings is 1.